The summed E-state index contributed by atoms with van der Waals surface area (Å²) in [6.45, 7) is 1.06. The molecule has 0 saturated heterocycles. The van der Waals surface area contributed by atoms with E-state index >= 15 is 0 Å². The maximum Gasteiger partial charge on any atom is 0.435 e. The number of pyridine rings is 1. The average molecular weight is 409 g/mol. The monoisotopic (exact) mass is 409 g/mol. The topological polar surface area (TPSA) is 113 Å². The number of halogens is 3. The summed E-state index contributed by atoms with van der Waals surface area (Å²) in [5, 5.41) is 6.72. The molecule has 3 rings (SSSR count). The van der Waals surface area contributed by atoms with E-state index in [0.717, 1.165) is 10.9 Å². The molecule has 0 unspecified atom stereocenters. The number of carbonyl (C=O) groups is 1. The van der Waals surface area contributed by atoms with Crippen LogP contribution in [0.25, 0.3) is 17.1 Å². The van der Waals surface area contributed by atoms with Crippen LogP contribution in [0.5, 0.6) is 0 Å². The third-order valence-corrected chi connectivity index (χ3v) is 4.09. The SMILES string of the molecule is COCCNc1ccc(-n2cc(-c3cnc(C(N)=O)n3C)c(C(F)(F)F)n2)nc1. The number of carbonyl (C=O) groups excluding carboxylic acids is 1. The Labute approximate surface area is 163 Å². The lowest BCUT2D eigenvalue weighted by Crippen LogP contribution is -2.17. The second kappa shape index (κ2) is 7.91. The molecule has 0 aliphatic carbocycles. The van der Waals surface area contributed by atoms with Gasteiger partial charge in [-0.05, 0) is 12.1 Å². The molecule has 3 aromatic rings. The molecule has 1 amide bonds. The number of rotatable bonds is 7. The van der Waals surface area contributed by atoms with Crippen molar-refractivity contribution in [1.82, 2.24) is 24.3 Å². The van der Waals surface area contributed by atoms with Crippen LogP contribution in [0.15, 0.2) is 30.7 Å². The molecule has 0 fully saturated rings. The second-order valence-electron chi connectivity index (χ2n) is 6.05. The highest BCUT2D eigenvalue weighted by atomic mass is 19.4. The zero-order chi connectivity index (χ0) is 21.2. The van der Waals surface area contributed by atoms with Gasteiger partial charge in [0.2, 0.25) is 0 Å². The smallest absolute Gasteiger partial charge is 0.383 e. The molecule has 9 nitrogen and oxygen atoms in total. The largest absolute Gasteiger partial charge is 0.435 e. The highest BCUT2D eigenvalue weighted by Gasteiger charge is 2.38. The van der Waals surface area contributed by atoms with Crippen molar-refractivity contribution < 1.29 is 22.7 Å². The van der Waals surface area contributed by atoms with Crippen LogP contribution in [0.2, 0.25) is 0 Å². The van der Waals surface area contributed by atoms with E-state index < -0.39 is 17.8 Å². The van der Waals surface area contributed by atoms with Crippen LogP contribution in [0.1, 0.15) is 16.3 Å². The number of imidazole rings is 1. The molecule has 3 heterocycles. The quantitative estimate of drug-likeness (QED) is 0.576. The molecule has 0 bridgehead atoms. The number of nitrogens with one attached hydrogen (secondary N) is 1. The minimum atomic E-state index is -4.72. The molecule has 0 saturated carbocycles. The van der Waals surface area contributed by atoms with Gasteiger partial charge >= 0.3 is 6.18 Å². The van der Waals surface area contributed by atoms with Gasteiger partial charge in [-0.1, -0.05) is 0 Å². The second-order valence-corrected chi connectivity index (χ2v) is 6.05. The first kappa shape index (κ1) is 20.3. The van der Waals surface area contributed by atoms with Crippen LogP contribution in [-0.4, -0.2) is 50.5 Å². The highest BCUT2D eigenvalue weighted by Crippen LogP contribution is 2.36. The summed E-state index contributed by atoms with van der Waals surface area (Å²) in [6.07, 6.45) is -0.911. The number of hydrogen-bond donors (Lipinski definition) is 2. The predicted molar refractivity (Wildman–Crippen MR) is 97.4 cm³/mol. The summed E-state index contributed by atoms with van der Waals surface area (Å²) >= 11 is 0. The van der Waals surface area contributed by atoms with E-state index in [1.165, 1.54) is 30.1 Å². The first-order chi connectivity index (χ1) is 13.7. The molecule has 0 radical (unpaired) electrons. The molecule has 154 valence electrons. The summed E-state index contributed by atoms with van der Waals surface area (Å²) in [4.78, 5) is 19.3. The number of ether oxygens (including phenoxy) is 1. The van der Waals surface area contributed by atoms with Crippen molar-refractivity contribution in [3.8, 4) is 17.1 Å². The fraction of sp³-hybridized carbons (Fsp3) is 0.294. The van der Waals surface area contributed by atoms with Crippen molar-refractivity contribution >= 4 is 11.6 Å². The van der Waals surface area contributed by atoms with Gasteiger partial charge < -0.3 is 20.4 Å². The van der Waals surface area contributed by atoms with Crippen LogP contribution in [0, 0.1) is 0 Å². The van der Waals surface area contributed by atoms with Crippen molar-refractivity contribution in [3.05, 3.63) is 42.2 Å². The summed E-state index contributed by atoms with van der Waals surface area (Å²) in [5.41, 5.74) is 4.56. The Kier molecular flexibility index (Phi) is 5.55. The minimum absolute atomic E-state index is 0.0511. The van der Waals surface area contributed by atoms with Crippen LogP contribution in [-0.2, 0) is 18.0 Å². The number of alkyl halides is 3. The van der Waals surface area contributed by atoms with Crippen LogP contribution in [0.3, 0.4) is 0 Å². The van der Waals surface area contributed by atoms with Gasteiger partial charge in [0.25, 0.3) is 5.91 Å². The van der Waals surface area contributed by atoms with Gasteiger partial charge in [-0.25, -0.2) is 14.6 Å². The number of nitrogens with two attached hydrogens (primary N) is 1. The fourth-order valence-corrected chi connectivity index (χ4v) is 2.70. The third-order valence-electron chi connectivity index (χ3n) is 4.09. The van der Waals surface area contributed by atoms with Gasteiger partial charge in [0.1, 0.15) is 0 Å². The van der Waals surface area contributed by atoms with Crippen LogP contribution >= 0.6 is 0 Å². The third kappa shape index (κ3) is 4.21. The Morgan fingerprint density at radius 3 is 2.59 bits per heavy atom. The molecular formula is C17H18F3N7O2. The zero-order valence-electron chi connectivity index (χ0n) is 15.6. The lowest BCUT2D eigenvalue weighted by molar-refractivity contribution is -0.140. The lowest BCUT2D eigenvalue weighted by atomic mass is 10.2. The van der Waals surface area contributed by atoms with Crippen molar-refractivity contribution in [3.63, 3.8) is 0 Å². The first-order valence-electron chi connectivity index (χ1n) is 8.40. The van der Waals surface area contributed by atoms with Gasteiger partial charge in [-0.15, -0.1) is 0 Å². The van der Waals surface area contributed by atoms with E-state index in [2.05, 4.69) is 20.4 Å². The zero-order valence-corrected chi connectivity index (χ0v) is 15.6. The van der Waals surface area contributed by atoms with E-state index in [4.69, 9.17) is 10.5 Å². The summed E-state index contributed by atoms with van der Waals surface area (Å²) in [6, 6.07) is 3.20. The molecule has 12 heteroatoms. The molecule has 3 N–H and O–H groups in total. The molecule has 3 aromatic heterocycles. The van der Waals surface area contributed by atoms with Gasteiger partial charge in [-0.3, -0.25) is 4.79 Å². The van der Waals surface area contributed by atoms with E-state index in [9.17, 15) is 18.0 Å². The Morgan fingerprint density at radius 1 is 1.28 bits per heavy atom. The maximum atomic E-state index is 13.6. The van der Waals surface area contributed by atoms with Gasteiger partial charge in [0, 0.05) is 26.9 Å². The molecular weight excluding hydrogens is 391 g/mol. The number of anilines is 1. The number of hydrogen-bond acceptors (Lipinski definition) is 6. The molecule has 0 atom stereocenters. The Balaban J connectivity index is 1.99. The summed E-state index contributed by atoms with van der Waals surface area (Å²) < 4.78 is 47.8. The van der Waals surface area contributed by atoms with Crippen molar-refractivity contribution in [1.29, 1.82) is 0 Å². The maximum absolute atomic E-state index is 13.6. The Hall–Kier alpha value is -3.41. The Morgan fingerprint density at radius 2 is 2.03 bits per heavy atom. The lowest BCUT2D eigenvalue weighted by Gasteiger charge is -2.07. The van der Waals surface area contributed by atoms with Crippen molar-refractivity contribution in [2.45, 2.75) is 6.18 Å². The van der Waals surface area contributed by atoms with E-state index in [0.29, 0.717) is 18.8 Å². The molecule has 0 spiro atoms. The Bertz CT molecular complexity index is 1010. The van der Waals surface area contributed by atoms with Crippen molar-refractivity contribution in [2.24, 2.45) is 12.8 Å². The highest BCUT2D eigenvalue weighted by molar-refractivity contribution is 5.90. The van der Waals surface area contributed by atoms with Gasteiger partial charge in [-0.2, -0.15) is 18.3 Å². The molecule has 0 aromatic carbocycles. The number of aromatic nitrogens is 5. The van der Waals surface area contributed by atoms with E-state index in [-0.39, 0.29) is 22.9 Å². The number of nitrogens with zero attached hydrogens (tertiary/aromatic N) is 5. The van der Waals surface area contributed by atoms with E-state index in [1.807, 2.05) is 0 Å². The normalized spacial score (nSPS) is 11.6. The average Bonchev–Trinajstić information content (AvgIpc) is 3.26. The standard InChI is InChI=1S/C17H18F3N7O2/c1-26-12(8-24-16(26)15(21)28)11-9-27(25-14(11)17(18,19)20)13-4-3-10(7-23-13)22-5-6-29-2/h3-4,7-9,22H,5-6H2,1-2H3,(H2,21,28). The number of amides is 1. The summed E-state index contributed by atoms with van der Waals surface area (Å²) in [5.74, 6) is -0.820. The van der Waals surface area contributed by atoms with Gasteiger partial charge in [0.15, 0.2) is 17.3 Å². The van der Waals surface area contributed by atoms with Crippen LogP contribution < -0.4 is 11.1 Å². The molecule has 0 aliphatic rings. The first-order valence-corrected chi connectivity index (χ1v) is 8.40. The molecule has 0 aliphatic heterocycles. The number of primary amides is 1. The summed E-state index contributed by atoms with van der Waals surface area (Å²) in [7, 11) is 2.98. The minimum Gasteiger partial charge on any atom is -0.383 e. The van der Waals surface area contributed by atoms with E-state index in [1.54, 1.807) is 13.2 Å². The predicted octanol–water partition coefficient (Wildman–Crippen LogP) is 1.84. The van der Waals surface area contributed by atoms with Crippen molar-refractivity contribution in [2.75, 3.05) is 25.6 Å². The van der Waals surface area contributed by atoms with Gasteiger partial charge in [0.05, 0.1) is 35.9 Å². The number of methoxy groups -OCH3 is 1. The van der Waals surface area contributed by atoms with Crippen LogP contribution in [0.4, 0.5) is 18.9 Å². The fourth-order valence-electron chi connectivity index (χ4n) is 2.70. The molecule has 29 heavy (non-hydrogen) atoms.